The maximum absolute atomic E-state index is 12.4. The summed E-state index contributed by atoms with van der Waals surface area (Å²) >= 11 is 0. The normalized spacial score (nSPS) is 20.6. The van der Waals surface area contributed by atoms with Crippen LogP contribution in [0.3, 0.4) is 0 Å². The largest absolute Gasteiger partial charge is 0.326 e. The molecule has 1 aliphatic heterocycles. The van der Waals surface area contributed by atoms with Gasteiger partial charge in [0.2, 0.25) is 5.91 Å². The fourth-order valence-electron chi connectivity index (χ4n) is 2.89. The predicted molar refractivity (Wildman–Crippen MR) is 92.5 cm³/mol. The molecule has 1 amide bonds. The highest BCUT2D eigenvalue weighted by atomic mass is 35.5. The molecule has 2 heterocycles. The highest BCUT2D eigenvalue weighted by molar-refractivity contribution is 5.93. The number of carbonyl (C=O) groups is 1. The number of amides is 1. The van der Waals surface area contributed by atoms with E-state index in [4.69, 9.17) is 0 Å². The Morgan fingerprint density at radius 2 is 2.26 bits per heavy atom. The third-order valence-electron chi connectivity index (χ3n) is 4.09. The molecule has 1 fully saturated rings. The predicted octanol–water partition coefficient (Wildman–Crippen LogP) is 2.23. The lowest BCUT2D eigenvalue weighted by Gasteiger charge is -2.27. The van der Waals surface area contributed by atoms with Crippen LogP contribution in [-0.2, 0) is 11.8 Å². The van der Waals surface area contributed by atoms with Gasteiger partial charge in [-0.15, -0.1) is 22.6 Å². The van der Waals surface area contributed by atoms with Crippen LogP contribution in [0.4, 0.5) is 5.69 Å². The molecule has 2 atom stereocenters. The minimum absolute atomic E-state index is 0. The lowest BCUT2D eigenvalue weighted by atomic mass is 9.92. The minimum Gasteiger partial charge on any atom is -0.326 e. The number of hydrogen-bond acceptors (Lipinski definition) is 4. The summed E-state index contributed by atoms with van der Waals surface area (Å²) in [6, 6.07) is 8.13. The topological polar surface area (TPSA) is 71.8 Å². The maximum atomic E-state index is 12.4. The van der Waals surface area contributed by atoms with Gasteiger partial charge in [-0.05, 0) is 38.4 Å². The van der Waals surface area contributed by atoms with Crippen molar-refractivity contribution < 1.29 is 4.79 Å². The first-order chi connectivity index (χ1) is 10.6. The third-order valence-corrected chi connectivity index (χ3v) is 4.09. The van der Waals surface area contributed by atoms with Crippen molar-refractivity contribution in [2.45, 2.75) is 25.8 Å². The van der Waals surface area contributed by atoms with Crippen LogP contribution in [0, 0.1) is 5.92 Å². The second-order valence-electron chi connectivity index (χ2n) is 5.91. The molecule has 0 saturated carbocycles. The summed E-state index contributed by atoms with van der Waals surface area (Å²) in [7, 11) is 1.90. The highest BCUT2D eigenvalue weighted by Gasteiger charge is 2.24. The van der Waals surface area contributed by atoms with E-state index in [1.54, 1.807) is 6.33 Å². The van der Waals surface area contributed by atoms with E-state index in [2.05, 4.69) is 27.8 Å². The molecule has 0 unspecified atom stereocenters. The van der Waals surface area contributed by atoms with Crippen molar-refractivity contribution in [3.8, 4) is 11.4 Å². The van der Waals surface area contributed by atoms with Crippen LogP contribution >= 0.6 is 12.4 Å². The average molecular weight is 336 g/mol. The lowest BCUT2D eigenvalue weighted by molar-refractivity contribution is -0.120. The second-order valence-corrected chi connectivity index (χ2v) is 5.91. The standard InChI is InChI=1S/C16H21N5O.ClH/c1-11-8-13(6-7-17-11)16(22)19-14-5-3-4-12(9-14)15-20-18-10-21(15)2;/h3-5,9-11,13,17H,6-8H2,1-2H3,(H,19,22);1H/t11-,13-;/m0./s1. The van der Waals surface area contributed by atoms with Crippen molar-refractivity contribution in [1.29, 1.82) is 0 Å². The van der Waals surface area contributed by atoms with Crippen molar-refractivity contribution in [2.24, 2.45) is 13.0 Å². The molecule has 1 aromatic heterocycles. The van der Waals surface area contributed by atoms with Gasteiger partial charge in [-0.3, -0.25) is 4.79 Å². The molecule has 1 aliphatic rings. The van der Waals surface area contributed by atoms with E-state index in [9.17, 15) is 4.79 Å². The molecule has 3 rings (SSSR count). The summed E-state index contributed by atoms with van der Waals surface area (Å²) < 4.78 is 1.86. The van der Waals surface area contributed by atoms with Crippen molar-refractivity contribution in [3.63, 3.8) is 0 Å². The van der Waals surface area contributed by atoms with Crippen molar-refractivity contribution in [3.05, 3.63) is 30.6 Å². The van der Waals surface area contributed by atoms with Crippen LogP contribution in [0.25, 0.3) is 11.4 Å². The van der Waals surface area contributed by atoms with Gasteiger partial charge in [-0.2, -0.15) is 0 Å². The molecule has 6 nitrogen and oxygen atoms in total. The zero-order valence-corrected chi connectivity index (χ0v) is 14.1. The van der Waals surface area contributed by atoms with E-state index in [-0.39, 0.29) is 24.2 Å². The van der Waals surface area contributed by atoms with Gasteiger partial charge < -0.3 is 15.2 Å². The second kappa shape index (κ2) is 7.57. The molecule has 0 bridgehead atoms. The minimum atomic E-state index is 0. The summed E-state index contributed by atoms with van der Waals surface area (Å²) in [5.74, 6) is 0.963. The molecule has 0 radical (unpaired) electrons. The fourth-order valence-corrected chi connectivity index (χ4v) is 2.89. The van der Waals surface area contributed by atoms with Crippen LogP contribution in [-0.4, -0.2) is 33.3 Å². The van der Waals surface area contributed by atoms with Crippen LogP contribution in [0.15, 0.2) is 30.6 Å². The van der Waals surface area contributed by atoms with Crippen LogP contribution in [0.2, 0.25) is 0 Å². The van der Waals surface area contributed by atoms with Gasteiger partial charge in [-0.25, -0.2) is 0 Å². The number of aromatic nitrogens is 3. The number of anilines is 1. The zero-order valence-electron chi connectivity index (χ0n) is 13.3. The Hall–Kier alpha value is -1.92. The van der Waals surface area contributed by atoms with Gasteiger partial charge in [0, 0.05) is 30.3 Å². The van der Waals surface area contributed by atoms with Gasteiger partial charge in [0.05, 0.1) is 0 Å². The Labute approximate surface area is 142 Å². The van der Waals surface area contributed by atoms with Crippen LogP contribution < -0.4 is 10.6 Å². The maximum Gasteiger partial charge on any atom is 0.227 e. The number of rotatable bonds is 3. The summed E-state index contributed by atoms with van der Waals surface area (Å²) in [5, 5.41) is 14.4. The summed E-state index contributed by atoms with van der Waals surface area (Å²) in [5.41, 5.74) is 1.74. The number of aryl methyl sites for hydroxylation is 1. The molecular formula is C16H22ClN5O. The summed E-state index contributed by atoms with van der Waals surface area (Å²) in [6.07, 6.45) is 3.44. The van der Waals surface area contributed by atoms with Crippen molar-refractivity contribution >= 4 is 24.0 Å². The Morgan fingerprint density at radius 1 is 1.43 bits per heavy atom. The number of carbonyl (C=O) groups excluding carboxylic acids is 1. The molecule has 124 valence electrons. The van der Waals surface area contributed by atoms with Gasteiger partial charge in [0.1, 0.15) is 6.33 Å². The number of halogens is 1. The first-order valence-corrected chi connectivity index (χ1v) is 7.62. The highest BCUT2D eigenvalue weighted by Crippen LogP contribution is 2.22. The van der Waals surface area contributed by atoms with Crippen molar-refractivity contribution in [2.75, 3.05) is 11.9 Å². The molecule has 2 N–H and O–H groups in total. The monoisotopic (exact) mass is 335 g/mol. The third kappa shape index (κ3) is 4.09. The quantitative estimate of drug-likeness (QED) is 0.902. The lowest BCUT2D eigenvalue weighted by Crippen LogP contribution is -2.40. The van der Waals surface area contributed by atoms with E-state index in [1.807, 2.05) is 35.9 Å². The van der Waals surface area contributed by atoms with Gasteiger partial charge in [0.25, 0.3) is 0 Å². The van der Waals surface area contributed by atoms with E-state index in [0.29, 0.717) is 6.04 Å². The van der Waals surface area contributed by atoms with E-state index in [1.165, 1.54) is 0 Å². The first-order valence-electron chi connectivity index (χ1n) is 7.62. The molecule has 7 heteroatoms. The molecule has 23 heavy (non-hydrogen) atoms. The fraction of sp³-hybridized carbons (Fsp3) is 0.438. The number of nitrogens with zero attached hydrogens (tertiary/aromatic N) is 3. The first kappa shape index (κ1) is 17.4. The smallest absolute Gasteiger partial charge is 0.227 e. The number of piperidine rings is 1. The molecule has 1 saturated heterocycles. The zero-order chi connectivity index (χ0) is 15.5. The van der Waals surface area contributed by atoms with Crippen molar-refractivity contribution in [1.82, 2.24) is 20.1 Å². The summed E-state index contributed by atoms with van der Waals surface area (Å²) in [4.78, 5) is 12.4. The summed E-state index contributed by atoms with van der Waals surface area (Å²) in [6.45, 7) is 3.02. The molecule has 2 aromatic rings. The van der Waals surface area contributed by atoms with Gasteiger partial charge in [0.15, 0.2) is 5.82 Å². The Morgan fingerprint density at radius 3 is 2.96 bits per heavy atom. The number of benzene rings is 1. The molecule has 0 spiro atoms. The Balaban J connectivity index is 0.00000192. The van der Waals surface area contributed by atoms with E-state index in [0.717, 1.165) is 36.5 Å². The van der Waals surface area contributed by atoms with Gasteiger partial charge in [-0.1, -0.05) is 12.1 Å². The van der Waals surface area contributed by atoms with Crippen LogP contribution in [0.1, 0.15) is 19.8 Å². The van der Waals surface area contributed by atoms with E-state index < -0.39 is 0 Å². The SMILES string of the molecule is C[C@H]1C[C@@H](C(=O)Nc2cccc(-c3nncn3C)c2)CCN1.Cl. The van der Waals surface area contributed by atoms with Crippen LogP contribution in [0.5, 0.6) is 0 Å². The van der Waals surface area contributed by atoms with E-state index >= 15 is 0 Å². The Kier molecular flexibility index (Phi) is 5.74. The molecular weight excluding hydrogens is 314 g/mol. The molecule has 0 aliphatic carbocycles. The Bertz CT molecular complexity index is 672. The molecule has 1 aromatic carbocycles. The van der Waals surface area contributed by atoms with Gasteiger partial charge >= 0.3 is 0 Å². The average Bonchev–Trinajstić information content (AvgIpc) is 2.94. The number of hydrogen-bond donors (Lipinski definition) is 2. The number of nitrogens with one attached hydrogen (secondary N) is 2.